The highest BCUT2D eigenvalue weighted by Crippen LogP contribution is 2.42. The molecule has 0 bridgehead atoms. The maximum atomic E-state index is 13.2. The molecule has 3 atom stereocenters. The van der Waals surface area contributed by atoms with Crippen LogP contribution in [0.15, 0.2) is 24.3 Å². The highest BCUT2D eigenvalue weighted by atomic mass is 35.5. The molecular formula is C26H37ClN2O7. The second-order valence-electron chi connectivity index (χ2n) is 10.3. The number of hydrogen-bond acceptors (Lipinski definition) is 7. The van der Waals surface area contributed by atoms with Crippen molar-refractivity contribution < 1.29 is 33.4 Å². The van der Waals surface area contributed by atoms with Gasteiger partial charge in [0.25, 0.3) is 0 Å². The molecule has 2 amide bonds. The van der Waals surface area contributed by atoms with E-state index in [-0.39, 0.29) is 11.7 Å². The molecule has 36 heavy (non-hydrogen) atoms. The van der Waals surface area contributed by atoms with E-state index in [4.69, 9.17) is 25.8 Å². The maximum Gasteiger partial charge on any atom is 0.413 e. The molecule has 0 heterocycles. The average molecular weight is 525 g/mol. The monoisotopic (exact) mass is 524 g/mol. The normalized spacial score (nSPS) is 19.8. The summed E-state index contributed by atoms with van der Waals surface area (Å²) < 4.78 is 15.9. The summed E-state index contributed by atoms with van der Waals surface area (Å²) >= 11 is 6.44. The van der Waals surface area contributed by atoms with Crippen molar-refractivity contribution in [2.75, 3.05) is 7.05 Å². The Morgan fingerprint density at radius 2 is 1.72 bits per heavy atom. The number of carbonyl (C=O) groups is 4. The number of halogens is 1. The van der Waals surface area contributed by atoms with Crippen LogP contribution in [0, 0.1) is 5.92 Å². The summed E-state index contributed by atoms with van der Waals surface area (Å²) in [5.41, 5.74) is -1.49. The van der Waals surface area contributed by atoms with E-state index in [1.165, 1.54) is 18.9 Å². The Bertz CT molecular complexity index is 975. The summed E-state index contributed by atoms with van der Waals surface area (Å²) in [6, 6.07) is 5.90. The summed E-state index contributed by atoms with van der Waals surface area (Å²) in [6.07, 6.45) is -0.734. The van der Waals surface area contributed by atoms with Gasteiger partial charge in [-0.1, -0.05) is 43.6 Å². The Morgan fingerprint density at radius 3 is 2.28 bits per heavy atom. The molecule has 1 aromatic rings. The van der Waals surface area contributed by atoms with Gasteiger partial charge in [0.2, 0.25) is 6.29 Å². The molecule has 1 aliphatic carbocycles. The molecule has 9 nitrogen and oxygen atoms in total. The van der Waals surface area contributed by atoms with Crippen LogP contribution in [0.25, 0.3) is 0 Å². The molecule has 1 fully saturated rings. The Hall–Kier alpha value is -2.81. The van der Waals surface area contributed by atoms with Crippen LogP contribution in [0.1, 0.15) is 72.8 Å². The lowest BCUT2D eigenvalue weighted by Crippen LogP contribution is -2.55. The van der Waals surface area contributed by atoms with Gasteiger partial charge in [-0.3, -0.25) is 9.69 Å². The van der Waals surface area contributed by atoms with E-state index in [1.807, 2.05) is 0 Å². The van der Waals surface area contributed by atoms with Gasteiger partial charge in [-0.2, -0.15) is 0 Å². The van der Waals surface area contributed by atoms with Crippen LogP contribution in [-0.2, 0) is 29.3 Å². The van der Waals surface area contributed by atoms with E-state index in [9.17, 15) is 19.2 Å². The van der Waals surface area contributed by atoms with E-state index < -0.39 is 41.6 Å². The predicted octanol–water partition coefficient (Wildman–Crippen LogP) is 5.19. The summed E-state index contributed by atoms with van der Waals surface area (Å²) in [6.45, 7) is 9.98. The minimum atomic E-state index is -1.28. The first-order valence-corrected chi connectivity index (χ1v) is 12.5. The number of nitrogens with one attached hydrogen (secondary N) is 1. The van der Waals surface area contributed by atoms with Crippen molar-refractivity contribution in [3.05, 3.63) is 34.9 Å². The number of alkyl carbamates (subject to hydrolysis) is 1. The lowest BCUT2D eigenvalue weighted by molar-refractivity contribution is -0.171. The van der Waals surface area contributed by atoms with Crippen molar-refractivity contribution in [2.45, 2.75) is 90.7 Å². The van der Waals surface area contributed by atoms with Gasteiger partial charge in [-0.15, -0.1) is 0 Å². The predicted molar refractivity (Wildman–Crippen MR) is 134 cm³/mol. The SMILES string of the molecule is CC(OC(=O)C(NC(=O)OC(C)(C)C)C(C)C)OC(=O)N(C)[C@]1(c2ccccc2Cl)CCCCC1=O. The number of ketones is 1. The number of nitrogens with zero attached hydrogens (tertiary/aromatic N) is 1. The molecule has 200 valence electrons. The fourth-order valence-corrected chi connectivity index (χ4v) is 4.49. The minimum Gasteiger partial charge on any atom is -0.444 e. The molecule has 0 aliphatic heterocycles. The van der Waals surface area contributed by atoms with Gasteiger partial charge >= 0.3 is 18.2 Å². The van der Waals surface area contributed by atoms with E-state index >= 15 is 0 Å². The number of ether oxygens (including phenoxy) is 3. The van der Waals surface area contributed by atoms with Crippen molar-refractivity contribution in [3.63, 3.8) is 0 Å². The van der Waals surface area contributed by atoms with Crippen molar-refractivity contribution in [3.8, 4) is 0 Å². The molecule has 1 aromatic carbocycles. The Kier molecular flexibility index (Phi) is 9.77. The van der Waals surface area contributed by atoms with Gasteiger partial charge in [0.1, 0.15) is 17.2 Å². The number of hydrogen-bond donors (Lipinski definition) is 1. The summed E-state index contributed by atoms with van der Waals surface area (Å²) in [7, 11) is 1.48. The van der Waals surface area contributed by atoms with Gasteiger partial charge in [-0.05, 0) is 52.0 Å². The standard InChI is InChI=1S/C26H37ClN2O7/c1-16(2)21(28-23(32)36-25(4,5)6)22(31)34-17(3)35-24(33)29(7)26(15-11-10-14-20(26)30)18-12-8-9-13-19(18)27/h8-9,12-13,16-17,21H,10-11,14-15H2,1-7H3,(H,28,32)/t17?,21?,26-/m0/s1. The quantitative estimate of drug-likeness (QED) is 0.386. The molecule has 1 saturated carbocycles. The number of esters is 1. The molecule has 1 N–H and O–H groups in total. The van der Waals surface area contributed by atoms with Gasteiger partial charge < -0.3 is 19.5 Å². The lowest BCUT2D eigenvalue weighted by atomic mass is 9.74. The largest absolute Gasteiger partial charge is 0.444 e. The number of rotatable bonds is 7. The van der Waals surface area contributed by atoms with Gasteiger partial charge in [0.05, 0.1) is 0 Å². The third kappa shape index (κ3) is 7.12. The fraction of sp³-hybridized carbons (Fsp3) is 0.615. The zero-order valence-corrected chi connectivity index (χ0v) is 22.8. The third-order valence-electron chi connectivity index (χ3n) is 5.96. The highest BCUT2D eigenvalue weighted by Gasteiger charge is 2.49. The van der Waals surface area contributed by atoms with E-state index in [2.05, 4.69) is 5.32 Å². The molecule has 1 aliphatic rings. The second kappa shape index (κ2) is 12.0. The summed E-state index contributed by atoms with van der Waals surface area (Å²) in [5, 5.41) is 2.87. The third-order valence-corrected chi connectivity index (χ3v) is 6.29. The van der Waals surface area contributed by atoms with Crippen LogP contribution in [0.3, 0.4) is 0 Å². The van der Waals surface area contributed by atoms with Crippen LogP contribution in [0.4, 0.5) is 9.59 Å². The lowest BCUT2D eigenvalue weighted by Gasteiger charge is -2.43. The smallest absolute Gasteiger partial charge is 0.413 e. The molecule has 2 unspecified atom stereocenters. The van der Waals surface area contributed by atoms with Crippen LogP contribution >= 0.6 is 11.6 Å². The summed E-state index contributed by atoms with van der Waals surface area (Å²) in [5.74, 6) is -1.24. The minimum absolute atomic E-state index is 0.132. The average Bonchev–Trinajstić information content (AvgIpc) is 2.76. The first-order valence-electron chi connectivity index (χ1n) is 12.1. The van der Waals surface area contributed by atoms with Crippen molar-refractivity contribution in [1.82, 2.24) is 10.2 Å². The fourth-order valence-electron chi connectivity index (χ4n) is 4.20. The topological polar surface area (TPSA) is 111 Å². The van der Waals surface area contributed by atoms with Gasteiger partial charge in [-0.25, -0.2) is 14.4 Å². The van der Waals surface area contributed by atoms with Crippen LogP contribution < -0.4 is 5.32 Å². The van der Waals surface area contributed by atoms with E-state index in [1.54, 1.807) is 58.9 Å². The van der Waals surface area contributed by atoms with Crippen molar-refractivity contribution in [1.29, 1.82) is 0 Å². The zero-order valence-electron chi connectivity index (χ0n) is 22.1. The van der Waals surface area contributed by atoms with Gasteiger partial charge in [0.15, 0.2) is 5.78 Å². The number of amides is 2. The first kappa shape index (κ1) is 29.4. The zero-order chi connectivity index (χ0) is 27.3. The maximum absolute atomic E-state index is 13.2. The highest BCUT2D eigenvalue weighted by molar-refractivity contribution is 6.31. The van der Waals surface area contributed by atoms with Crippen LogP contribution in [0.2, 0.25) is 5.02 Å². The number of carbonyl (C=O) groups excluding carboxylic acids is 4. The van der Waals surface area contributed by atoms with Crippen LogP contribution in [-0.4, -0.2) is 53.8 Å². The molecule has 2 rings (SSSR count). The Balaban J connectivity index is 2.14. The number of benzene rings is 1. The molecule has 0 aromatic heterocycles. The molecule has 0 saturated heterocycles. The molecule has 0 radical (unpaired) electrons. The van der Waals surface area contributed by atoms with Gasteiger partial charge in [0, 0.05) is 31.0 Å². The summed E-state index contributed by atoms with van der Waals surface area (Å²) in [4.78, 5) is 52.5. The second-order valence-corrected chi connectivity index (χ2v) is 10.7. The molecule has 10 heteroatoms. The molecule has 0 spiro atoms. The molecular weight excluding hydrogens is 488 g/mol. The van der Waals surface area contributed by atoms with Crippen LogP contribution in [0.5, 0.6) is 0 Å². The number of Topliss-reactive ketones (excluding diaryl/α,β-unsaturated/α-hetero) is 1. The Morgan fingerprint density at radius 1 is 1.08 bits per heavy atom. The number of likely N-dealkylation sites (N-methyl/N-ethyl adjacent to an activating group) is 1. The van der Waals surface area contributed by atoms with Crippen molar-refractivity contribution in [2.24, 2.45) is 5.92 Å². The Labute approximate surface area is 217 Å². The van der Waals surface area contributed by atoms with E-state index in [0.717, 1.165) is 12.8 Å². The first-order chi connectivity index (χ1) is 16.7. The van der Waals surface area contributed by atoms with E-state index in [0.29, 0.717) is 23.4 Å². The van der Waals surface area contributed by atoms with Crippen molar-refractivity contribution >= 4 is 35.5 Å².